The highest BCUT2D eigenvalue weighted by Gasteiger charge is 2.32. The Balaban J connectivity index is 1.98. The van der Waals surface area contributed by atoms with Crippen LogP contribution in [0.15, 0.2) is 24.3 Å². The molecule has 3 unspecified atom stereocenters. The van der Waals surface area contributed by atoms with Crippen LogP contribution in [0.4, 0.5) is 4.79 Å². The number of nitrogens with one attached hydrogen (secondary N) is 2. The molecule has 1 fully saturated rings. The van der Waals surface area contributed by atoms with Crippen LogP contribution in [-0.4, -0.2) is 35.9 Å². The molecule has 2 rings (SSSR count). The number of amides is 2. The van der Waals surface area contributed by atoms with E-state index >= 15 is 0 Å². The zero-order valence-electron chi connectivity index (χ0n) is 13.6. The van der Waals surface area contributed by atoms with Gasteiger partial charge in [0.25, 0.3) is 0 Å². The highest BCUT2D eigenvalue weighted by molar-refractivity contribution is 6.30. The number of carbonyl (C=O) groups excluding carboxylic acids is 1. The normalized spacial score (nSPS) is 23.3. The Bertz CT molecular complexity index is 523. The summed E-state index contributed by atoms with van der Waals surface area (Å²) >= 11 is 5.91. The number of benzene rings is 1. The topological polar surface area (TPSA) is 70.6 Å². The van der Waals surface area contributed by atoms with E-state index in [4.69, 9.17) is 16.3 Å². The van der Waals surface area contributed by atoms with E-state index in [0.717, 1.165) is 24.8 Å². The van der Waals surface area contributed by atoms with E-state index in [-0.39, 0.29) is 24.8 Å². The Hall–Kier alpha value is -1.30. The molecule has 0 radical (unpaired) electrons. The van der Waals surface area contributed by atoms with Gasteiger partial charge in [-0.05, 0) is 37.5 Å². The lowest BCUT2D eigenvalue weighted by Crippen LogP contribution is -2.54. The van der Waals surface area contributed by atoms with Gasteiger partial charge >= 0.3 is 6.03 Å². The highest BCUT2D eigenvalue weighted by Crippen LogP contribution is 2.30. The van der Waals surface area contributed by atoms with Gasteiger partial charge < -0.3 is 20.5 Å². The number of hydrogen-bond acceptors (Lipinski definition) is 3. The molecule has 0 aliphatic carbocycles. The molecule has 1 heterocycles. The molecular formula is C17H25ClN2O3. The van der Waals surface area contributed by atoms with E-state index in [1.165, 1.54) is 0 Å². The molecule has 1 aliphatic heterocycles. The Kier molecular flexibility index (Phi) is 6.27. The van der Waals surface area contributed by atoms with E-state index in [0.29, 0.717) is 11.6 Å². The number of aliphatic hydroxyl groups excluding tert-OH is 1. The number of ether oxygens (including phenoxy) is 1. The van der Waals surface area contributed by atoms with Crippen LogP contribution in [0.3, 0.4) is 0 Å². The summed E-state index contributed by atoms with van der Waals surface area (Å²) in [5.74, 6) is 0. The zero-order valence-corrected chi connectivity index (χ0v) is 14.4. The molecule has 1 aromatic rings. The standard InChI is InChI=1S/C17H25ClN2O3/c1-3-9-17(2,11-21)20-16(22)19-14-8-10-23-15(14)12-4-6-13(18)7-5-12/h4-7,14-15,21H,3,8-11H2,1-2H3,(H2,19,20,22). The summed E-state index contributed by atoms with van der Waals surface area (Å²) in [6.07, 6.45) is 2.19. The van der Waals surface area contributed by atoms with E-state index in [2.05, 4.69) is 10.6 Å². The van der Waals surface area contributed by atoms with Crippen molar-refractivity contribution in [1.82, 2.24) is 10.6 Å². The number of hydrogen-bond donors (Lipinski definition) is 3. The molecule has 6 heteroatoms. The zero-order chi connectivity index (χ0) is 16.9. The first-order valence-electron chi connectivity index (χ1n) is 8.04. The lowest BCUT2D eigenvalue weighted by Gasteiger charge is -2.30. The summed E-state index contributed by atoms with van der Waals surface area (Å²) in [5, 5.41) is 16.0. The smallest absolute Gasteiger partial charge is 0.315 e. The molecule has 1 aromatic carbocycles. The van der Waals surface area contributed by atoms with E-state index in [1.54, 1.807) is 0 Å². The summed E-state index contributed by atoms with van der Waals surface area (Å²) in [6.45, 7) is 4.38. The van der Waals surface area contributed by atoms with Gasteiger partial charge in [-0.15, -0.1) is 0 Å². The molecule has 0 bridgehead atoms. The second-order valence-electron chi connectivity index (χ2n) is 6.31. The average molecular weight is 341 g/mol. The van der Waals surface area contributed by atoms with Crippen LogP contribution in [0.2, 0.25) is 5.02 Å². The maximum Gasteiger partial charge on any atom is 0.315 e. The second kappa shape index (κ2) is 7.99. The maximum atomic E-state index is 12.3. The SMILES string of the molecule is CCCC(C)(CO)NC(=O)NC1CCOC1c1ccc(Cl)cc1. The van der Waals surface area contributed by atoms with Crippen molar-refractivity contribution < 1.29 is 14.6 Å². The van der Waals surface area contributed by atoms with Gasteiger partial charge in [0.05, 0.1) is 18.2 Å². The van der Waals surface area contributed by atoms with Crippen LogP contribution in [0.1, 0.15) is 44.8 Å². The lowest BCUT2D eigenvalue weighted by atomic mass is 9.97. The van der Waals surface area contributed by atoms with Gasteiger partial charge in [0.15, 0.2) is 0 Å². The molecule has 3 atom stereocenters. The fourth-order valence-electron chi connectivity index (χ4n) is 2.93. The number of halogens is 1. The minimum Gasteiger partial charge on any atom is -0.394 e. The number of rotatable bonds is 6. The first kappa shape index (κ1) is 18.0. The Morgan fingerprint density at radius 3 is 2.74 bits per heavy atom. The number of carbonyl (C=O) groups is 1. The van der Waals surface area contributed by atoms with Crippen molar-refractivity contribution in [3.8, 4) is 0 Å². The van der Waals surface area contributed by atoms with Crippen LogP contribution in [0.5, 0.6) is 0 Å². The van der Waals surface area contributed by atoms with Gasteiger partial charge in [-0.25, -0.2) is 4.79 Å². The quantitative estimate of drug-likeness (QED) is 0.745. The van der Waals surface area contributed by atoms with E-state index < -0.39 is 5.54 Å². The summed E-state index contributed by atoms with van der Waals surface area (Å²) in [7, 11) is 0. The predicted molar refractivity (Wildman–Crippen MR) is 90.6 cm³/mol. The van der Waals surface area contributed by atoms with Gasteiger partial charge in [-0.1, -0.05) is 37.1 Å². The van der Waals surface area contributed by atoms with Gasteiger partial charge in [0, 0.05) is 11.6 Å². The van der Waals surface area contributed by atoms with Gasteiger partial charge in [-0.3, -0.25) is 0 Å². The maximum absolute atomic E-state index is 12.3. The largest absolute Gasteiger partial charge is 0.394 e. The third kappa shape index (κ3) is 4.83. The Morgan fingerprint density at radius 1 is 1.43 bits per heavy atom. The first-order valence-corrected chi connectivity index (χ1v) is 8.42. The monoisotopic (exact) mass is 340 g/mol. The van der Waals surface area contributed by atoms with Crippen LogP contribution < -0.4 is 10.6 Å². The molecule has 0 saturated carbocycles. The van der Waals surface area contributed by atoms with Gasteiger partial charge in [0.2, 0.25) is 0 Å². The van der Waals surface area contributed by atoms with E-state index in [1.807, 2.05) is 38.1 Å². The summed E-state index contributed by atoms with van der Waals surface area (Å²) in [6, 6.07) is 7.10. The van der Waals surface area contributed by atoms with Crippen molar-refractivity contribution in [3.05, 3.63) is 34.9 Å². The Morgan fingerprint density at radius 2 is 2.13 bits per heavy atom. The summed E-state index contributed by atoms with van der Waals surface area (Å²) in [5.41, 5.74) is 0.393. The van der Waals surface area contributed by atoms with Crippen LogP contribution in [0.25, 0.3) is 0 Å². The first-order chi connectivity index (χ1) is 11.0. The van der Waals surface area contributed by atoms with Gasteiger partial charge in [-0.2, -0.15) is 0 Å². The molecule has 3 N–H and O–H groups in total. The summed E-state index contributed by atoms with van der Waals surface area (Å²) in [4.78, 5) is 12.3. The summed E-state index contributed by atoms with van der Waals surface area (Å²) < 4.78 is 5.76. The number of aliphatic hydroxyl groups is 1. The molecule has 1 saturated heterocycles. The van der Waals surface area contributed by atoms with Crippen molar-refractivity contribution in [1.29, 1.82) is 0 Å². The van der Waals surface area contributed by atoms with Crippen molar-refractivity contribution in [2.24, 2.45) is 0 Å². The van der Waals surface area contributed by atoms with Crippen molar-refractivity contribution in [2.45, 2.75) is 50.8 Å². The van der Waals surface area contributed by atoms with Gasteiger partial charge in [0.1, 0.15) is 6.10 Å². The third-order valence-electron chi connectivity index (χ3n) is 4.17. The number of urea groups is 1. The van der Waals surface area contributed by atoms with Crippen LogP contribution >= 0.6 is 11.6 Å². The second-order valence-corrected chi connectivity index (χ2v) is 6.74. The van der Waals surface area contributed by atoms with Crippen molar-refractivity contribution >= 4 is 17.6 Å². The highest BCUT2D eigenvalue weighted by atomic mass is 35.5. The third-order valence-corrected chi connectivity index (χ3v) is 4.42. The van der Waals surface area contributed by atoms with E-state index in [9.17, 15) is 9.90 Å². The van der Waals surface area contributed by atoms with Crippen LogP contribution in [-0.2, 0) is 4.74 Å². The molecular weight excluding hydrogens is 316 g/mol. The van der Waals surface area contributed by atoms with Crippen LogP contribution in [0, 0.1) is 0 Å². The fraction of sp³-hybridized carbons (Fsp3) is 0.588. The molecule has 2 amide bonds. The Labute approximate surface area is 142 Å². The molecule has 1 aliphatic rings. The molecule has 0 spiro atoms. The van der Waals surface area contributed by atoms with Crippen molar-refractivity contribution in [2.75, 3.05) is 13.2 Å². The molecule has 23 heavy (non-hydrogen) atoms. The minimum atomic E-state index is -0.603. The minimum absolute atomic E-state index is 0.0873. The average Bonchev–Trinajstić information content (AvgIpc) is 2.96. The van der Waals surface area contributed by atoms with Crippen molar-refractivity contribution in [3.63, 3.8) is 0 Å². The lowest BCUT2D eigenvalue weighted by molar-refractivity contribution is 0.0988. The molecule has 5 nitrogen and oxygen atoms in total. The fourth-order valence-corrected chi connectivity index (χ4v) is 3.06. The molecule has 0 aromatic heterocycles. The predicted octanol–water partition coefficient (Wildman–Crippen LogP) is 3.02. The molecule has 128 valence electrons.